The third kappa shape index (κ3) is 3.91. The second kappa shape index (κ2) is 7.97. The molecule has 1 fully saturated rings. The van der Waals surface area contributed by atoms with Gasteiger partial charge in [-0.25, -0.2) is 0 Å². The Morgan fingerprint density at radius 1 is 1.26 bits per heavy atom. The minimum absolute atomic E-state index is 0.0865. The van der Waals surface area contributed by atoms with Crippen LogP contribution in [0.3, 0.4) is 0 Å². The summed E-state index contributed by atoms with van der Waals surface area (Å²) in [7, 11) is 2.91. The molecule has 0 bridgehead atoms. The van der Waals surface area contributed by atoms with Crippen LogP contribution in [0.2, 0.25) is 0 Å². The molecule has 0 saturated carbocycles. The summed E-state index contributed by atoms with van der Waals surface area (Å²) in [6.45, 7) is 4.22. The second-order valence-electron chi connectivity index (χ2n) is 5.43. The number of likely N-dealkylation sites (N-methyl/N-ethyl adjacent to an activating group) is 1. The largest absolute Gasteiger partial charge is 0.502 e. The molecular formula is C17H18N4O4S2. The van der Waals surface area contributed by atoms with Crippen LogP contribution in [0.5, 0.6) is 17.2 Å². The van der Waals surface area contributed by atoms with Gasteiger partial charge >= 0.3 is 0 Å². The summed E-state index contributed by atoms with van der Waals surface area (Å²) in [4.78, 5) is 19.3. The van der Waals surface area contributed by atoms with Crippen molar-refractivity contribution < 1.29 is 19.4 Å². The first-order valence-electron chi connectivity index (χ1n) is 8.02. The highest BCUT2D eigenvalue weighted by atomic mass is 32.2. The number of benzene rings is 1. The number of phenolic OH excluding ortho intramolecular Hbond substituents is 1. The van der Waals surface area contributed by atoms with Gasteiger partial charge in [-0.15, -0.1) is 10.2 Å². The van der Waals surface area contributed by atoms with E-state index in [0.717, 1.165) is 5.01 Å². The zero-order valence-corrected chi connectivity index (χ0v) is 16.8. The smallest absolute Gasteiger partial charge is 0.266 e. The van der Waals surface area contributed by atoms with E-state index in [9.17, 15) is 9.90 Å². The number of methoxy groups -OCH3 is 2. The van der Waals surface area contributed by atoms with Crippen LogP contribution in [-0.2, 0) is 4.79 Å². The number of hydrogen-bond donors (Lipinski definition) is 1. The van der Waals surface area contributed by atoms with Gasteiger partial charge in [-0.3, -0.25) is 9.69 Å². The first-order valence-corrected chi connectivity index (χ1v) is 9.65. The Morgan fingerprint density at radius 3 is 2.44 bits per heavy atom. The van der Waals surface area contributed by atoms with Crippen LogP contribution >= 0.6 is 23.1 Å². The number of nitrogens with zero attached hydrogens (tertiary/aromatic N) is 4. The molecule has 1 amide bonds. The number of amidine groups is 1. The molecule has 0 spiro atoms. The Hall–Kier alpha value is -2.59. The summed E-state index contributed by atoms with van der Waals surface area (Å²) in [6.07, 6.45) is 1.72. The van der Waals surface area contributed by atoms with Crippen molar-refractivity contribution in [1.29, 1.82) is 0 Å². The van der Waals surface area contributed by atoms with Gasteiger partial charge in [0.1, 0.15) is 5.01 Å². The van der Waals surface area contributed by atoms with Crippen molar-refractivity contribution in [2.75, 3.05) is 20.8 Å². The quantitative estimate of drug-likeness (QED) is 0.762. The fraction of sp³-hybridized carbons (Fsp3) is 0.294. The molecular weight excluding hydrogens is 388 g/mol. The molecule has 1 aliphatic rings. The first-order chi connectivity index (χ1) is 13.0. The summed E-state index contributed by atoms with van der Waals surface area (Å²) in [5.41, 5.74) is 0.668. The molecule has 1 aromatic carbocycles. The van der Waals surface area contributed by atoms with Gasteiger partial charge in [-0.2, -0.15) is 4.99 Å². The van der Waals surface area contributed by atoms with E-state index in [1.54, 1.807) is 23.1 Å². The van der Waals surface area contributed by atoms with E-state index in [1.165, 1.54) is 37.3 Å². The molecule has 1 saturated heterocycles. The van der Waals surface area contributed by atoms with Crippen LogP contribution in [0.15, 0.2) is 22.0 Å². The summed E-state index contributed by atoms with van der Waals surface area (Å²) in [5, 5.41) is 19.8. The summed E-state index contributed by atoms with van der Waals surface area (Å²) < 4.78 is 10.3. The van der Waals surface area contributed by atoms with Crippen molar-refractivity contribution in [3.05, 3.63) is 27.6 Å². The number of aromatic nitrogens is 2. The summed E-state index contributed by atoms with van der Waals surface area (Å²) >= 11 is 2.63. The number of phenols is 1. The van der Waals surface area contributed by atoms with Gasteiger partial charge in [0.25, 0.3) is 5.91 Å². The van der Waals surface area contributed by atoms with Gasteiger partial charge < -0.3 is 14.6 Å². The summed E-state index contributed by atoms with van der Waals surface area (Å²) in [5.74, 6) is 0.301. The molecule has 1 aliphatic heterocycles. The maximum atomic E-state index is 12.7. The zero-order valence-electron chi connectivity index (χ0n) is 15.2. The standard InChI is InChI=1S/C17H18N4O4S2/c1-5-21-15(23)13(27-17(21)18-16-20-19-9(2)26-16)8-10-6-11(24-3)14(22)12(7-10)25-4/h6-8,22H,5H2,1-4H3/b13-8-,18-17+. The monoisotopic (exact) mass is 406 g/mol. The van der Waals surface area contributed by atoms with Crippen molar-refractivity contribution in [3.8, 4) is 17.2 Å². The fourth-order valence-corrected chi connectivity index (χ4v) is 4.09. The normalized spacial score (nSPS) is 17.2. The molecule has 0 aliphatic carbocycles. The minimum Gasteiger partial charge on any atom is -0.502 e. The van der Waals surface area contributed by atoms with Gasteiger partial charge in [0, 0.05) is 6.54 Å². The molecule has 142 valence electrons. The molecule has 8 nitrogen and oxygen atoms in total. The van der Waals surface area contributed by atoms with E-state index in [1.807, 2.05) is 13.8 Å². The Kier molecular flexibility index (Phi) is 5.66. The van der Waals surface area contributed by atoms with Gasteiger partial charge in [0.15, 0.2) is 16.7 Å². The second-order valence-corrected chi connectivity index (χ2v) is 7.60. The number of aliphatic imine (C=N–C) groups is 1. The lowest BCUT2D eigenvalue weighted by Gasteiger charge is -2.11. The minimum atomic E-state index is -0.145. The Bertz CT molecular complexity index is 914. The van der Waals surface area contributed by atoms with Crippen LogP contribution in [0, 0.1) is 6.92 Å². The molecule has 0 unspecified atom stereocenters. The number of thioether (sulfide) groups is 1. The molecule has 2 aromatic rings. The molecule has 0 atom stereocenters. The average Bonchev–Trinajstić information content (AvgIpc) is 3.19. The predicted molar refractivity (Wildman–Crippen MR) is 106 cm³/mol. The van der Waals surface area contributed by atoms with Gasteiger partial charge in [-0.05, 0) is 49.4 Å². The number of aromatic hydroxyl groups is 1. The predicted octanol–water partition coefficient (Wildman–Crippen LogP) is 3.19. The van der Waals surface area contributed by atoms with E-state index in [4.69, 9.17) is 9.47 Å². The number of amides is 1. The number of hydrogen-bond acceptors (Lipinski definition) is 9. The third-order valence-electron chi connectivity index (χ3n) is 3.71. The van der Waals surface area contributed by atoms with Crippen LogP contribution in [-0.4, -0.2) is 52.0 Å². The van der Waals surface area contributed by atoms with Gasteiger partial charge in [0.2, 0.25) is 10.9 Å². The highest BCUT2D eigenvalue weighted by Gasteiger charge is 2.32. The molecule has 0 radical (unpaired) electrons. The Labute approximate surface area is 164 Å². The van der Waals surface area contributed by atoms with Crippen molar-refractivity contribution in [2.45, 2.75) is 13.8 Å². The number of carbonyl (C=O) groups excluding carboxylic acids is 1. The SMILES string of the molecule is CCN1C(=O)/C(=C/c2cc(OC)c(O)c(OC)c2)S/C1=N/c1nnc(C)s1. The van der Waals surface area contributed by atoms with E-state index in [2.05, 4.69) is 15.2 Å². The van der Waals surface area contributed by atoms with E-state index >= 15 is 0 Å². The van der Waals surface area contributed by atoms with Crippen molar-refractivity contribution >= 4 is 45.4 Å². The Morgan fingerprint density at radius 2 is 1.93 bits per heavy atom. The maximum absolute atomic E-state index is 12.7. The average molecular weight is 406 g/mol. The molecule has 3 rings (SSSR count). The third-order valence-corrected chi connectivity index (χ3v) is 5.45. The lowest BCUT2D eigenvalue weighted by Crippen LogP contribution is -2.28. The van der Waals surface area contributed by atoms with Crippen LogP contribution in [0.1, 0.15) is 17.5 Å². The first kappa shape index (κ1) is 19.2. The number of ether oxygens (including phenoxy) is 2. The highest BCUT2D eigenvalue weighted by molar-refractivity contribution is 8.18. The van der Waals surface area contributed by atoms with Crippen LogP contribution < -0.4 is 9.47 Å². The molecule has 10 heteroatoms. The lowest BCUT2D eigenvalue weighted by molar-refractivity contribution is -0.122. The molecule has 27 heavy (non-hydrogen) atoms. The number of carbonyl (C=O) groups is 1. The molecule has 1 aromatic heterocycles. The van der Waals surface area contributed by atoms with E-state index in [0.29, 0.717) is 27.3 Å². The van der Waals surface area contributed by atoms with E-state index in [-0.39, 0.29) is 23.2 Å². The van der Waals surface area contributed by atoms with Crippen molar-refractivity contribution in [1.82, 2.24) is 15.1 Å². The zero-order chi connectivity index (χ0) is 19.6. The molecule has 1 N–H and O–H groups in total. The van der Waals surface area contributed by atoms with Crippen LogP contribution in [0.25, 0.3) is 6.08 Å². The van der Waals surface area contributed by atoms with Gasteiger partial charge in [0.05, 0.1) is 19.1 Å². The lowest BCUT2D eigenvalue weighted by atomic mass is 10.1. The highest BCUT2D eigenvalue weighted by Crippen LogP contribution is 2.40. The van der Waals surface area contributed by atoms with Crippen LogP contribution in [0.4, 0.5) is 5.13 Å². The van der Waals surface area contributed by atoms with Crippen molar-refractivity contribution in [2.24, 2.45) is 4.99 Å². The molecule has 2 heterocycles. The number of aryl methyl sites for hydroxylation is 1. The summed E-state index contributed by atoms with van der Waals surface area (Å²) in [6, 6.07) is 3.27. The fourth-order valence-electron chi connectivity index (χ4n) is 2.43. The van der Waals surface area contributed by atoms with Gasteiger partial charge in [-0.1, -0.05) is 11.3 Å². The Balaban J connectivity index is 1.97. The maximum Gasteiger partial charge on any atom is 0.266 e. The topological polar surface area (TPSA) is 97.1 Å². The number of rotatable bonds is 5. The van der Waals surface area contributed by atoms with E-state index < -0.39 is 0 Å². The van der Waals surface area contributed by atoms with Crippen molar-refractivity contribution in [3.63, 3.8) is 0 Å².